The van der Waals surface area contributed by atoms with Crippen LogP contribution in [0.1, 0.15) is 27.4 Å². The molecule has 0 aliphatic carbocycles. The van der Waals surface area contributed by atoms with Gasteiger partial charge in [0, 0.05) is 28.3 Å². The highest BCUT2D eigenvalue weighted by molar-refractivity contribution is 7.14. The van der Waals surface area contributed by atoms with E-state index in [1.165, 1.54) is 11.0 Å². The van der Waals surface area contributed by atoms with Crippen molar-refractivity contribution in [2.24, 2.45) is 0 Å². The van der Waals surface area contributed by atoms with Crippen molar-refractivity contribution in [1.29, 1.82) is 0 Å². The van der Waals surface area contributed by atoms with Gasteiger partial charge in [0.05, 0.1) is 14.7 Å². The van der Waals surface area contributed by atoms with Gasteiger partial charge in [-0.15, -0.1) is 11.3 Å². The van der Waals surface area contributed by atoms with Crippen LogP contribution in [0.25, 0.3) is 0 Å². The van der Waals surface area contributed by atoms with Gasteiger partial charge < -0.3 is 10.2 Å². The van der Waals surface area contributed by atoms with Gasteiger partial charge in [0.2, 0.25) is 5.91 Å². The lowest BCUT2D eigenvalue weighted by molar-refractivity contribution is -0.385. The third-order valence-electron chi connectivity index (χ3n) is 4.25. The summed E-state index contributed by atoms with van der Waals surface area (Å²) in [6.45, 7) is 2.01. The zero-order chi connectivity index (χ0) is 19.7. The molecule has 1 N–H and O–H groups in total. The van der Waals surface area contributed by atoms with Crippen LogP contribution in [0.3, 0.4) is 0 Å². The van der Waals surface area contributed by atoms with E-state index >= 15 is 0 Å². The number of halogens is 2. The van der Waals surface area contributed by atoms with Crippen molar-refractivity contribution in [3.63, 3.8) is 0 Å². The minimum absolute atomic E-state index is 0.0860. The number of anilines is 1. The number of benzene rings is 1. The SMILES string of the molecule is Cc1sc(C(=O)N2CCCC2C(=O)Nc2cc(Cl)cc(Cl)c2)cc1[N+](=O)[O-]. The van der Waals surface area contributed by atoms with Crippen LogP contribution >= 0.6 is 34.5 Å². The zero-order valence-electron chi connectivity index (χ0n) is 14.2. The summed E-state index contributed by atoms with van der Waals surface area (Å²) in [5, 5.41) is 14.5. The van der Waals surface area contributed by atoms with Crippen molar-refractivity contribution >= 4 is 57.7 Å². The van der Waals surface area contributed by atoms with Crippen LogP contribution in [0.5, 0.6) is 0 Å². The summed E-state index contributed by atoms with van der Waals surface area (Å²) < 4.78 is 0. The Bertz CT molecular complexity index is 911. The van der Waals surface area contributed by atoms with E-state index in [1.54, 1.807) is 25.1 Å². The Hall–Kier alpha value is -2.16. The molecule has 0 spiro atoms. The molecule has 0 radical (unpaired) electrons. The molecule has 1 aliphatic heterocycles. The first-order valence-corrected chi connectivity index (χ1v) is 9.66. The van der Waals surface area contributed by atoms with E-state index in [1.807, 2.05) is 0 Å². The fourth-order valence-corrected chi connectivity index (χ4v) is 4.50. The van der Waals surface area contributed by atoms with Crippen molar-refractivity contribution in [2.75, 3.05) is 11.9 Å². The van der Waals surface area contributed by atoms with Crippen LogP contribution in [0.2, 0.25) is 10.0 Å². The lowest BCUT2D eigenvalue weighted by Gasteiger charge is -2.23. The molecule has 7 nitrogen and oxygen atoms in total. The molecule has 0 saturated carbocycles. The highest BCUT2D eigenvalue weighted by atomic mass is 35.5. The molecule has 0 bridgehead atoms. The molecule has 27 heavy (non-hydrogen) atoms. The maximum absolute atomic E-state index is 12.8. The van der Waals surface area contributed by atoms with Crippen LogP contribution < -0.4 is 5.32 Å². The molecule has 2 amide bonds. The number of thiophene rings is 1. The predicted octanol–water partition coefficient (Wildman–Crippen LogP) is 4.51. The summed E-state index contributed by atoms with van der Waals surface area (Å²) in [6, 6.07) is 5.30. The fraction of sp³-hybridized carbons (Fsp3) is 0.294. The first-order valence-electron chi connectivity index (χ1n) is 8.09. The van der Waals surface area contributed by atoms with E-state index in [-0.39, 0.29) is 22.4 Å². The second-order valence-electron chi connectivity index (χ2n) is 6.11. The molecule has 1 atom stereocenters. The normalized spacial score (nSPS) is 16.4. The molecule has 142 valence electrons. The summed E-state index contributed by atoms with van der Waals surface area (Å²) in [5.41, 5.74) is 0.358. The number of carbonyl (C=O) groups excluding carboxylic acids is 2. The van der Waals surface area contributed by atoms with Crippen LogP contribution in [0, 0.1) is 17.0 Å². The number of aryl methyl sites for hydroxylation is 1. The monoisotopic (exact) mass is 427 g/mol. The van der Waals surface area contributed by atoms with E-state index in [4.69, 9.17) is 23.2 Å². The number of nitro groups is 1. The van der Waals surface area contributed by atoms with Gasteiger partial charge in [0.15, 0.2) is 0 Å². The molecular formula is C17H15Cl2N3O4S. The van der Waals surface area contributed by atoms with Crippen LogP contribution in [0.4, 0.5) is 11.4 Å². The molecule has 1 unspecified atom stereocenters. The third kappa shape index (κ3) is 4.23. The lowest BCUT2D eigenvalue weighted by atomic mass is 10.2. The highest BCUT2D eigenvalue weighted by Crippen LogP contribution is 2.31. The minimum Gasteiger partial charge on any atom is -0.326 e. The lowest BCUT2D eigenvalue weighted by Crippen LogP contribution is -2.42. The van der Waals surface area contributed by atoms with Crippen molar-refractivity contribution in [1.82, 2.24) is 4.90 Å². The highest BCUT2D eigenvalue weighted by Gasteiger charge is 2.36. The first kappa shape index (κ1) is 19.6. The quantitative estimate of drug-likeness (QED) is 0.573. The first-order chi connectivity index (χ1) is 12.8. The number of rotatable bonds is 4. The Labute approximate surface area is 169 Å². The van der Waals surface area contributed by atoms with E-state index in [0.717, 1.165) is 11.3 Å². The van der Waals surface area contributed by atoms with Crippen LogP contribution in [-0.2, 0) is 4.79 Å². The second-order valence-corrected chi connectivity index (χ2v) is 8.24. The second kappa shape index (κ2) is 7.84. The Morgan fingerprint density at radius 1 is 1.26 bits per heavy atom. The average Bonchev–Trinajstić information content (AvgIpc) is 3.19. The van der Waals surface area contributed by atoms with Crippen molar-refractivity contribution in [3.05, 3.63) is 54.2 Å². The number of nitrogens with zero attached hydrogens (tertiary/aromatic N) is 2. The standard InChI is InChI=1S/C17H15Cl2N3O4S/c1-9-14(22(25)26)8-15(27-9)17(24)21-4-2-3-13(21)16(23)20-12-6-10(18)5-11(19)7-12/h5-8,13H,2-4H2,1H3,(H,20,23). The Morgan fingerprint density at radius 3 is 2.52 bits per heavy atom. The van der Waals surface area contributed by atoms with Gasteiger partial charge in [-0.2, -0.15) is 0 Å². The van der Waals surface area contributed by atoms with Gasteiger partial charge in [0.1, 0.15) is 6.04 Å². The Kier molecular flexibility index (Phi) is 5.69. The largest absolute Gasteiger partial charge is 0.326 e. The van der Waals surface area contributed by atoms with E-state index < -0.39 is 11.0 Å². The van der Waals surface area contributed by atoms with Crippen molar-refractivity contribution in [2.45, 2.75) is 25.8 Å². The summed E-state index contributed by atoms with van der Waals surface area (Å²) in [5.74, 6) is -0.722. The number of carbonyl (C=O) groups is 2. The number of nitrogens with one attached hydrogen (secondary N) is 1. The number of hydrogen-bond donors (Lipinski definition) is 1. The van der Waals surface area contributed by atoms with Crippen molar-refractivity contribution < 1.29 is 14.5 Å². The summed E-state index contributed by atoms with van der Waals surface area (Å²) in [7, 11) is 0. The summed E-state index contributed by atoms with van der Waals surface area (Å²) in [4.78, 5) is 38.1. The molecular weight excluding hydrogens is 413 g/mol. The van der Waals surface area contributed by atoms with Gasteiger partial charge in [-0.25, -0.2) is 0 Å². The van der Waals surface area contributed by atoms with Crippen molar-refractivity contribution in [3.8, 4) is 0 Å². The van der Waals surface area contributed by atoms with E-state index in [9.17, 15) is 19.7 Å². The zero-order valence-corrected chi connectivity index (χ0v) is 16.5. The van der Waals surface area contributed by atoms with Gasteiger partial charge in [-0.3, -0.25) is 19.7 Å². The van der Waals surface area contributed by atoms with Gasteiger partial charge in [0.25, 0.3) is 11.6 Å². The van der Waals surface area contributed by atoms with E-state index in [0.29, 0.717) is 40.0 Å². The average molecular weight is 428 g/mol. The number of likely N-dealkylation sites (tertiary alicyclic amines) is 1. The molecule has 2 heterocycles. The molecule has 1 aromatic heterocycles. The molecule has 2 aromatic rings. The Balaban J connectivity index is 1.78. The maximum atomic E-state index is 12.8. The van der Waals surface area contributed by atoms with Crippen LogP contribution in [-0.4, -0.2) is 34.2 Å². The molecule has 3 rings (SSSR count). The topological polar surface area (TPSA) is 92.6 Å². The molecule has 1 fully saturated rings. The third-order valence-corrected chi connectivity index (χ3v) is 5.71. The number of hydrogen-bond acceptors (Lipinski definition) is 5. The summed E-state index contributed by atoms with van der Waals surface area (Å²) in [6.07, 6.45) is 1.19. The number of amides is 2. The van der Waals surface area contributed by atoms with E-state index in [2.05, 4.69) is 5.32 Å². The summed E-state index contributed by atoms with van der Waals surface area (Å²) >= 11 is 12.9. The maximum Gasteiger partial charge on any atom is 0.283 e. The van der Waals surface area contributed by atoms with Gasteiger partial charge in [-0.1, -0.05) is 23.2 Å². The minimum atomic E-state index is -0.656. The molecule has 10 heteroatoms. The fourth-order valence-electron chi connectivity index (χ4n) is 3.03. The smallest absolute Gasteiger partial charge is 0.283 e. The van der Waals surface area contributed by atoms with Crippen LogP contribution in [0.15, 0.2) is 24.3 Å². The molecule has 1 aromatic carbocycles. The van der Waals surface area contributed by atoms with Gasteiger partial charge in [-0.05, 0) is 38.0 Å². The molecule has 1 saturated heterocycles. The predicted molar refractivity (Wildman–Crippen MR) is 105 cm³/mol. The Morgan fingerprint density at radius 2 is 1.93 bits per heavy atom. The molecule has 1 aliphatic rings. The van der Waals surface area contributed by atoms with Gasteiger partial charge >= 0.3 is 0 Å².